The van der Waals surface area contributed by atoms with Gasteiger partial charge in [-0.1, -0.05) is 11.6 Å². The molecule has 1 aromatic heterocycles. The fourth-order valence-corrected chi connectivity index (χ4v) is 1.08. The van der Waals surface area contributed by atoms with E-state index in [0.29, 0.717) is 10.5 Å². The second kappa shape index (κ2) is 2.17. The first kappa shape index (κ1) is 6.54. The molecule has 0 saturated carbocycles. The molecule has 0 saturated heterocycles. The van der Waals surface area contributed by atoms with E-state index in [-0.39, 0.29) is 5.52 Å². The summed E-state index contributed by atoms with van der Waals surface area (Å²) in [7, 11) is 0. The van der Waals surface area contributed by atoms with Crippen LogP contribution in [0.25, 0.3) is 11.0 Å². The highest BCUT2D eigenvalue weighted by Crippen LogP contribution is 2.18. The zero-order valence-corrected chi connectivity index (χ0v) is 6.06. The second-order valence-corrected chi connectivity index (χ2v) is 2.52. The van der Waals surface area contributed by atoms with Gasteiger partial charge in [-0.2, -0.15) is 15.4 Å². The molecule has 1 N–H and O–H groups in total. The third-order valence-electron chi connectivity index (χ3n) is 1.34. The Morgan fingerprint density at radius 1 is 1.36 bits per heavy atom. The topological polar surface area (TPSA) is 41.6 Å². The number of nitrogens with one attached hydrogen (secondary N) is 1. The minimum Gasteiger partial charge on any atom is -0.204 e. The molecule has 0 bridgehead atoms. The van der Waals surface area contributed by atoms with E-state index < -0.39 is 5.82 Å². The number of aromatic amines is 1. The molecule has 0 aliphatic rings. The van der Waals surface area contributed by atoms with Crippen molar-refractivity contribution in [3.8, 4) is 0 Å². The first-order chi connectivity index (χ1) is 5.27. The molecule has 1 heterocycles. The van der Waals surface area contributed by atoms with Crippen LogP contribution in [0.1, 0.15) is 0 Å². The van der Waals surface area contributed by atoms with Gasteiger partial charge in [0.2, 0.25) is 0 Å². The predicted molar refractivity (Wildman–Crippen MR) is 38.9 cm³/mol. The highest BCUT2D eigenvalue weighted by atomic mass is 35.5. The molecule has 0 amide bonds. The van der Waals surface area contributed by atoms with E-state index in [1.54, 1.807) is 6.07 Å². The fourth-order valence-electron chi connectivity index (χ4n) is 0.877. The fraction of sp³-hybridized carbons (Fsp3) is 0. The van der Waals surface area contributed by atoms with Gasteiger partial charge >= 0.3 is 0 Å². The Morgan fingerprint density at radius 3 is 3.00 bits per heavy atom. The number of rotatable bonds is 0. The Labute approximate surface area is 66.2 Å². The molecule has 0 unspecified atom stereocenters. The van der Waals surface area contributed by atoms with Crippen LogP contribution in [-0.2, 0) is 0 Å². The summed E-state index contributed by atoms with van der Waals surface area (Å²) in [4.78, 5) is 0. The molecule has 0 radical (unpaired) electrons. The van der Waals surface area contributed by atoms with Crippen molar-refractivity contribution in [3.63, 3.8) is 0 Å². The van der Waals surface area contributed by atoms with E-state index in [1.165, 1.54) is 6.07 Å². The number of H-pyrrole nitrogens is 1. The van der Waals surface area contributed by atoms with E-state index in [9.17, 15) is 4.39 Å². The van der Waals surface area contributed by atoms with E-state index >= 15 is 0 Å². The van der Waals surface area contributed by atoms with E-state index in [0.717, 1.165) is 0 Å². The summed E-state index contributed by atoms with van der Waals surface area (Å²) in [5.74, 6) is -0.457. The van der Waals surface area contributed by atoms with Crippen LogP contribution in [0.3, 0.4) is 0 Å². The van der Waals surface area contributed by atoms with Gasteiger partial charge in [-0.05, 0) is 12.1 Å². The van der Waals surface area contributed by atoms with Crippen LogP contribution in [0.2, 0.25) is 5.02 Å². The van der Waals surface area contributed by atoms with Gasteiger partial charge in [0.1, 0.15) is 11.0 Å². The van der Waals surface area contributed by atoms with Gasteiger partial charge in [-0.3, -0.25) is 0 Å². The lowest BCUT2D eigenvalue weighted by Gasteiger charge is -1.89. The third kappa shape index (κ3) is 0.952. The second-order valence-electron chi connectivity index (χ2n) is 2.08. The van der Waals surface area contributed by atoms with Crippen LogP contribution in [0.15, 0.2) is 12.1 Å². The molecule has 0 atom stereocenters. The Balaban J connectivity index is 2.91. The maximum atomic E-state index is 12.9. The maximum Gasteiger partial charge on any atom is 0.154 e. The zero-order valence-electron chi connectivity index (χ0n) is 5.31. The quantitative estimate of drug-likeness (QED) is 0.656. The highest BCUT2D eigenvalue weighted by Gasteiger charge is 2.05. The van der Waals surface area contributed by atoms with Crippen LogP contribution in [0.4, 0.5) is 4.39 Å². The van der Waals surface area contributed by atoms with Crippen molar-refractivity contribution in [1.29, 1.82) is 0 Å². The van der Waals surface area contributed by atoms with Gasteiger partial charge in [0, 0.05) is 5.02 Å². The Hall–Kier alpha value is -1.16. The van der Waals surface area contributed by atoms with Crippen LogP contribution >= 0.6 is 11.6 Å². The van der Waals surface area contributed by atoms with Crippen LogP contribution < -0.4 is 0 Å². The highest BCUT2D eigenvalue weighted by molar-refractivity contribution is 6.31. The number of hydrogen-bond acceptors (Lipinski definition) is 2. The van der Waals surface area contributed by atoms with Gasteiger partial charge in [0.15, 0.2) is 5.82 Å². The van der Waals surface area contributed by atoms with Crippen molar-refractivity contribution in [2.24, 2.45) is 0 Å². The third-order valence-corrected chi connectivity index (χ3v) is 1.56. The SMILES string of the molecule is Fc1cc(Cl)cc2n[nH]nc12. The van der Waals surface area contributed by atoms with Crippen molar-refractivity contribution in [1.82, 2.24) is 15.4 Å². The number of halogens is 2. The molecular weight excluding hydrogens is 169 g/mol. The van der Waals surface area contributed by atoms with E-state index in [2.05, 4.69) is 15.4 Å². The predicted octanol–water partition coefficient (Wildman–Crippen LogP) is 1.75. The summed E-state index contributed by atoms with van der Waals surface area (Å²) in [5, 5.41) is 9.90. The molecule has 0 aliphatic carbocycles. The summed E-state index contributed by atoms with van der Waals surface area (Å²) in [5.41, 5.74) is 0.657. The molecule has 56 valence electrons. The number of fused-ring (bicyclic) bond motifs is 1. The summed E-state index contributed by atoms with van der Waals surface area (Å²) < 4.78 is 12.9. The molecule has 1 aromatic carbocycles. The first-order valence-corrected chi connectivity index (χ1v) is 3.31. The number of benzene rings is 1. The average Bonchev–Trinajstić information content (AvgIpc) is 2.34. The lowest BCUT2D eigenvalue weighted by Crippen LogP contribution is -1.77. The molecule has 0 spiro atoms. The molecule has 2 aromatic rings. The molecular formula is C6H3ClFN3. The number of nitrogens with zero attached hydrogens (tertiary/aromatic N) is 2. The number of hydrogen-bond donors (Lipinski definition) is 1. The average molecular weight is 172 g/mol. The smallest absolute Gasteiger partial charge is 0.154 e. The largest absolute Gasteiger partial charge is 0.204 e. The Kier molecular flexibility index (Phi) is 1.29. The Bertz CT molecular complexity index is 398. The van der Waals surface area contributed by atoms with Crippen LogP contribution in [0.5, 0.6) is 0 Å². The molecule has 0 fully saturated rings. The monoisotopic (exact) mass is 171 g/mol. The van der Waals surface area contributed by atoms with Crippen molar-refractivity contribution < 1.29 is 4.39 Å². The van der Waals surface area contributed by atoms with Gasteiger partial charge in [-0.15, -0.1) is 0 Å². The van der Waals surface area contributed by atoms with Crippen molar-refractivity contribution >= 4 is 22.6 Å². The van der Waals surface area contributed by atoms with E-state index in [1.807, 2.05) is 0 Å². The van der Waals surface area contributed by atoms with Crippen LogP contribution in [-0.4, -0.2) is 15.4 Å². The van der Waals surface area contributed by atoms with Gasteiger partial charge in [0.25, 0.3) is 0 Å². The summed E-state index contributed by atoms with van der Waals surface area (Å²) >= 11 is 5.56. The van der Waals surface area contributed by atoms with E-state index in [4.69, 9.17) is 11.6 Å². The first-order valence-electron chi connectivity index (χ1n) is 2.93. The molecule has 11 heavy (non-hydrogen) atoms. The van der Waals surface area contributed by atoms with Crippen molar-refractivity contribution in [2.45, 2.75) is 0 Å². The normalized spacial score (nSPS) is 10.7. The minimum atomic E-state index is -0.457. The van der Waals surface area contributed by atoms with Crippen LogP contribution in [0, 0.1) is 5.82 Å². The maximum absolute atomic E-state index is 12.9. The Morgan fingerprint density at radius 2 is 2.18 bits per heavy atom. The molecule has 3 nitrogen and oxygen atoms in total. The zero-order chi connectivity index (χ0) is 7.84. The molecule has 5 heteroatoms. The summed E-state index contributed by atoms with van der Waals surface area (Å²) in [6.07, 6.45) is 0. The number of aromatic nitrogens is 3. The molecule has 2 rings (SSSR count). The standard InChI is InChI=1S/C6H3ClFN3/c7-3-1-4(8)6-5(2-3)9-11-10-6/h1-2H,(H,9,10,11). The summed E-state index contributed by atoms with van der Waals surface area (Å²) in [6.45, 7) is 0. The lowest BCUT2D eigenvalue weighted by molar-refractivity contribution is 0.636. The minimum absolute atomic E-state index is 0.217. The molecule has 0 aliphatic heterocycles. The van der Waals surface area contributed by atoms with Gasteiger partial charge in [-0.25, -0.2) is 4.39 Å². The van der Waals surface area contributed by atoms with Crippen molar-refractivity contribution in [3.05, 3.63) is 23.0 Å². The van der Waals surface area contributed by atoms with Crippen molar-refractivity contribution in [2.75, 3.05) is 0 Å². The van der Waals surface area contributed by atoms with Gasteiger partial charge in [0.05, 0.1) is 0 Å². The summed E-state index contributed by atoms with van der Waals surface area (Å²) in [6, 6.07) is 2.75. The lowest BCUT2D eigenvalue weighted by atomic mass is 10.3. The van der Waals surface area contributed by atoms with Gasteiger partial charge < -0.3 is 0 Å².